The lowest BCUT2D eigenvalue weighted by molar-refractivity contribution is -0.137. The molecule has 0 unspecified atom stereocenters. The number of amides is 2. The van der Waals surface area contributed by atoms with Gasteiger partial charge in [-0.15, -0.1) is 10.2 Å². The molecule has 3 aromatic rings. The van der Waals surface area contributed by atoms with Crippen molar-refractivity contribution in [1.29, 1.82) is 0 Å². The van der Waals surface area contributed by atoms with Crippen molar-refractivity contribution in [2.75, 3.05) is 18.4 Å². The first-order valence-corrected chi connectivity index (χ1v) is 9.97. The van der Waals surface area contributed by atoms with E-state index in [1.807, 2.05) is 6.08 Å². The van der Waals surface area contributed by atoms with Gasteiger partial charge in [-0.1, -0.05) is 17.7 Å². The number of alkyl halides is 3. The van der Waals surface area contributed by atoms with Gasteiger partial charge in [-0.2, -0.15) is 13.2 Å². The molecule has 0 aliphatic carbocycles. The first kappa shape index (κ1) is 21.8. The largest absolute Gasteiger partial charge is 0.421 e. The molecule has 1 aliphatic rings. The summed E-state index contributed by atoms with van der Waals surface area (Å²) in [5, 5.41) is 10.8. The third-order valence-electron chi connectivity index (χ3n) is 4.88. The first-order chi connectivity index (χ1) is 15.2. The quantitative estimate of drug-likeness (QED) is 0.559. The van der Waals surface area contributed by atoms with Crippen LogP contribution in [0.5, 0.6) is 0 Å². The zero-order chi connectivity index (χ0) is 22.9. The molecule has 1 aromatic carbocycles. The summed E-state index contributed by atoms with van der Waals surface area (Å²) in [7, 11) is 0. The SMILES string of the molecule is Cc1nnc(-c2cnc(C3=CCN(C(=O)Nc4ccc(C(F)(F)F)cc4)CC3)c(Cl)c2)o1. The minimum absolute atomic E-state index is 0.286. The number of aryl methyl sites for hydroxylation is 1. The number of nitrogens with one attached hydrogen (secondary N) is 1. The van der Waals surface area contributed by atoms with Crippen LogP contribution < -0.4 is 5.32 Å². The van der Waals surface area contributed by atoms with Crippen LogP contribution in [-0.2, 0) is 6.18 Å². The van der Waals surface area contributed by atoms with E-state index in [9.17, 15) is 18.0 Å². The van der Waals surface area contributed by atoms with Gasteiger partial charge in [0.25, 0.3) is 0 Å². The van der Waals surface area contributed by atoms with Crippen LogP contribution in [0.3, 0.4) is 0 Å². The van der Waals surface area contributed by atoms with Crippen LogP contribution in [0, 0.1) is 6.92 Å². The van der Waals surface area contributed by atoms with Crippen LogP contribution in [0.25, 0.3) is 17.0 Å². The number of pyridine rings is 1. The molecule has 0 spiro atoms. The Balaban J connectivity index is 1.40. The summed E-state index contributed by atoms with van der Waals surface area (Å²) in [6.45, 7) is 2.40. The monoisotopic (exact) mass is 463 g/mol. The number of urea groups is 1. The van der Waals surface area contributed by atoms with Crippen LogP contribution in [0.15, 0.2) is 47.0 Å². The summed E-state index contributed by atoms with van der Waals surface area (Å²) >= 11 is 6.40. The minimum Gasteiger partial charge on any atom is -0.421 e. The Bertz CT molecular complexity index is 1170. The molecule has 32 heavy (non-hydrogen) atoms. The molecule has 0 atom stereocenters. The van der Waals surface area contributed by atoms with E-state index < -0.39 is 17.8 Å². The number of halogens is 4. The molecule has 0 saturated carbocycles. The highest BCUT2D eigenvalue weighted by Crippen LogP contribution is 2.31. The molecular formula is C21H17ClF3N5O2. The Morgan fingerprint density at radius 1 is 1.22 bits per heavy atom. The molecule has 4 rings (SSSR count). The summed E-state index contributed by atoms with van der Waals surface area (Å²) in [6.07, 6.45) is -0.458. The summed E-state index contributed by atoms with van der Waals surface area (Å²) in [5.41, 5.74) is 1.62. The molecule has 2 amide bonds. The fourth-order valence-corrected chi connectivity index (χ4v) is 3.51. The Morgan fingerprint density at radius 2 is 1.97 bits per heavy atom. The van der Waals surface area contributed by atoms with E-state index in [1.54, 1.807) is 24.1 Å². The van der Waals surface area contributed by atoms with Crippen molar-refractivity contribution in [3.05, 3.63) is 64.8 Å². The van der Waals surface area contributed by atoms with Crippen molar-refractivity contribution in [3.8, 4) is 11.5 Å². The molecule has 0 bridgehead atoms. The van der Waals surface area contributed by atoms with Crippen molar-refractivity contribution < 1.29 is 22.4 Å². The molecule has 1 aliphatic heterocycles. The highest BCUT2D eigenvalue weighted by Gasteiger charge is 2.30. The molecule has 2 aromatic heterocycles. The highest BCUT2D eigenvalue weighted by molar-refractivity contribution is 6.32. The van der Waals surface area contributed by atoms with Gasteiger partial charge in [-0.25, -0.2) is 4.79 Å². The number of carbonyl (C=O) groups excluding carboxylic acids is 1. The van der Waals surface area contributed by atoms with Gasteiger partial charge in [0.05, 0.1) is 21.8 Å². The van der Waals surface area contributed by atoms with Crippen LogP contribution in [0.1, 0.15) is 23.6 Å². The Morgan fingerprint density at radius 3 is 2.53 bits per heavy atom. The van der Waals surface area contributed by atoms with Gasteiger partial charge in [-0.05, 0) is 42.3 Å². The van der Waals surface area contributed by atoms with Crippen LogP contribution >= 0.6 is 11.6 Å². The predicted octanol–water partition coefficient (Wildman–Crippen LogP) is 5.43. The van der Waals surface area contributed by atoms with Gasteiger partial charge in [0.15, 0.2) is 0 Å². The fourth-order valence-electron chi connectivity index (χ4n) is 3.22. The highest BCUT2D eigenvalue weighted by atomic mass is 35.5. The van der Waals surface area contributed by atoms with E-state index in [1.165, 1.54) is 12.1 Å². The van der Waals surface area contributed by atoms with Gasteiger partial charge in [0, 0.05) is 31.9 Å². The van der Waals surface area contributed by atoms with E-state index >= 15 is 0 Å². The second-order valence-corrected chi connectivity index (χ2v) is 7.52. The lowest BCUT2D eigenvalue weighted by atomic mass is 10.0. The molecular weight excluding hydrogens is 447 g/mol. The summed E-state index contributed by atoms with van der Waals surface area (Å²) in [6, 6.07) is 5.60. The molecule has 0 saturated heterocycles. The maximum absolute atomic E-state index is 12.7. The van der Waals surface area contributed by atoms with E-state index in [0.717, 1.165) is 17.7 Å². The second kappa shape index (κ2) is 8.62. The topological polar surface area (TPSA) is 84.2 Å². The van der Waals surface area contributed by atoms with Crippen LogP contribution in [0.4, 0.5) is 23.7 Å². The Hall–Kier alpha value is -3.40. The van der Waals surface area contributed by atoms with Crippen molar-refractivity contribution in [1.82, 2.24) is 20.1 Å². The van der Waals surface area contributed by atoms with E-state index in [-0.39, 0.29) is 5.69 Å². The third-order valence-corrected chi connectivity index (χ3v) is 5.17. The maximum Gasteiger partial charge on any atom is 0.416 e. The van der Waals surface area contributed by atoms with Gasteiger partial charge in [-0.3, -0.25) is 4.98 Å². The lowest BCUT2D eigenvalue weighted by Crippen LogP contribution is -2.38. The van der Waals surface area contributed by atoms with Gasteiger partial charge in [0.1, 0.15) is 0 Å². The van der Waals surface area contributed by atoms with E-state index in [2.05, 4.69) is 20.5 Å². The molecule has 3 heterocycles. The number of nitrogens with zero attached hydrogens (tertiary/aromatic N) is 4. The molecule has 11 heteroatoms. The van der Waals surface area contributed by atoms with Gasteiger partial charge in [0.2, 0.25) is 11.8 Å². The van der Waals surface area contributed by atoms with Crippen LogP contribution in [0.2, 0.25) is 5.02 Å². The number of anilines is 1. The minimum atomic E-state index is -4.42. The van der Waals surface area contributed by atoms with Crippen molar-refractivity contribution in [2.24, 2.45) is 0 Å². The smallest absolute Gasteiger partial charge is 0.416 e. The number of benzene rings is 1. The average Bonchev–Trinajstić information content (AvgIpc) is 3.20. The summed E-state index contributed by atoms with van der Waals surface area (Å²) in [5.74, 6) is 0.761. The predicted molar refractivity (Wildman–Crippen MR) is 112 cm³/mol. The van der Waals surface area contributed by atoms with Gasteiger partial charge < -0.3 is 14.6 Å². The zero-order valence-electron chi connectivity index (χ0n) is 16.8. The number of rotatable bonds is 3. The Labute approximate surface area is 185 Å². The molecule has 0 fully saturated rings. The number of hydrogen-bond donors (Lipinski definition) is 1. The maximum atomic E-state index is 12.7. The third kappa shape index (κ3) is 4.75. The van der Waals surface area contributed by atoms with Crippen molar-refractivity contribution in [2.45, 2.75) is 19.5 Å². The summed E-state index contributed by atoms with van der Waals surface area (Å²) < 4.78 is 43.4. The lowest BCUT2D eigenvalue weighted by Gasteiger charge is -2.27. The zero-order valence-corrected chi connectivity index (χ0v) is 17.5. The molecule has 1 N–H and O–H groups in total. The number of hydrogen-bond acceptors (Lipinski definition) is 5. The number of carbonyl (C=O) groups is 1. The molecule has 166 valence electrons. The molecule has 7 nitrogen and oxygen atoms in total. The molecule has 0 radical (unpaired) electrons. The van der Waals surface area contributed by atoms with Crippen LogP contribution in [-0.4, -0.2) is 39.2 Å². The Kier molecular flexibility index (Phi) is 5.88. The fraction of sp³-hybridized carbons (Fsp3) is 0.238. The normalized spacial score (nSPS) is 14.3. The standard InChI is InChI=1S/C21H17ClF3N5O2/c1-12-28-29-19(32-12)14-10-17(22)18(26-11-14)13-6-8-30(9-7-13)20(31)27-16-4-2-15(3-5-16)21(23,24)25/h2-6,10-11H,7-9H2,1H3,(H,27,31). The second-order valence-electron chi connectivity index (χ2n) is 7.11. The van der Waals surface area contributed by atoms with Crippen molar-refractivity contribution in [3.63, 3.8) is 0 Å². The first-order valence-electron chi connectivity index (χ1n) is 9.59. The number of aromatic nitrogens is 3. The average molecular weight is 464 g/mol. The van der Waals surface area contributed by atoms with E-state index in [4.69, 9.17) is 16.0 Å². The van der Waals surface area contributed by atoms with E-state index in [0.29, 0.717) is 47.6 Å². The van der Waals surface area contributed by atoms with Gasteiger partial charge >= 0.3 is 12.2 Å². The van der Waals surface area contributed by atoms with Crippen molar-refractivity contribution >= 4 is 28.9 Å². The summed E-state index contributed by atoms with van der Waals surface area (Å²) in [4.78, 5) is 18.4.